The number of nitrogens with zero attached hydrogens (tertiary/aromatic N) is 2. The quantitative estimate of drug-likeness (QED) is 0.769. The highest BCUT2D eigenvalue weighted by atomic mass is 32.1. The molecule has 1 atom stereocenters. The number of rotatable bonds is 7. The van der Waals surface area contributed by atoms with Crippen molar-refractivity contribution in [3.63, 3.8) is 0 Å². The van der Waals surface area contributed by atoms with Gasteiger partial charge in [0.1, 0.15) is 17.4 Å². The number of amides is 2. The van der Waals surface area contributed by atoms with Crippen molar-refractivity contribution >= 4 is 17.4 Å². The number of hydrogen-bond acceptors (Lipinski definition) is 5. The summed E-state index contributed by atoms with van der Waals surface area (Å²) in [4.78, 5) is 20.3. The summed E-state index contributed by atoms with van der Waals surface area (Å²) in [5.41, 5.74) is 0. The van der Waals surface area contributed by atoms with E-state index in [0.717, 1.165) is 17.8 Å². The Bertz CT molecular complexity index is 587. The van der Waals surface area contributed by atoms with Crippen molar-refractivity contribution in [1.82, 2.24) is 20.6 Å². The lowest BCUT2D eigenvalue weighted by Crippen LogP contribution is -2.40. The number of pyridine rings is 1. The molecule has 1 fully saturated rings. The Balaban J connectivity index is 1.40. The van der Waals surface area contributed by atoms with E-state index < -0.39 is 0 Å². The van der Waals surface area contributed by atoms with Gasteiger partial charge in [0.25, 0.3) is 0 Å². The molecule has 1 saturated carbocycles. The minimum Gasteiger partial charge on any atom is -0.490 e. The fraction of sp³-hybridized carbons (Fsp3) is 0.400. The number of ether oxygens (including phenoxy) is 1. The van der Waals surface area contributed by atoms with E-state index in [0.29, 0.717) is 24.8 Å². The van der Waals surface area contributed by atoms with Gasteiger partial charge in [-0.25, -0.2) is 9.78 Å². The lowest BCUT2D eigenvalue weighted by Gasteiger charge is -2.16. The zero-order chi connectivity index (χ0) is 15.2. The Labute approximate surface area is 132 Å². The maximum atomic E-state index is 12.0. The van der Waals surface area contributed by atoms with Gasteiger partial charge in [0.05, 0.1) is 18.8 Å². The zero-order valence-corrected chi connectivity index (χ0v) is 12.9. The summed E-state index contributed by atoms with van der Waals surface area (Å²) < 4.78 is 5.48. The van der Waals surface area contributed by atoms with E-state index in [1.165, 1.54) is 0 Å². The van der Waals surface area contributed by atoms with E-state index >= 15 is 0 Å². The van der Waals surface area contributed by atoms with E-state index in [9.17, 15) is 4.79 Å². The zero-order valence-electron chi connectivity index (χ0n) is 12.1. The Morgan fingerprint density at radius 2 is 2.36 bits per heavy atom. The first-order chi connectivity index (χ1) is 10.8. The summed E-state index contributed by atoms with van der Waals surface area (Å²) >= 11 is 1.58. The third-order valence-electron chi connectivity index (χ3n) is 3.39. The molecule has 2 heterocycles. The highest BCUT2D eigenvalue weighted by Crippen LogP contribution is 2.41. The molecule has 2 aromatic heterocycles. The molecule has 116 valence electrons. The molecule has 7 heteroatoms. The van der Waals surface area contributed by atoms with Crippen LogP contribution >= 0.6 is 11.3 Å². The molecular weight excluding hydrogens is 300 g/mol. The standard InChI is InChI=1S/C15H18N4O2S/c20-15(18-6-8-21-12-2-1-5-16-10-12)19-13(11-3-4-11)14-17-7-9-22-14/h1-2,5,7,9-11,13H,3-4,6,8H2,(H2,18,19,20)/t13-/m0/s1. The molecule has 1 aliphatic rings. The summed E-state index contributed by atoms with van der Waals surface area (Å²) in [5.74, 6) is 1.21. The van der Waals surface area contributed by atoms with Crippen LogP contribution in [0, 0.1) is 5.92 Å². The van der Waals surface area contributed by atoms with Crippen molar-refractivity contribution in [1.29, 1.82) is 0 Å². The highest BCUT2D eigenvalue weighted by molar-refractivity contribution is 7.09. The molecule has 6 nitrogen and oxygen atoms in total. The maximum absolute atomic E-state index is 12.0. The predicted molar refractivity (Wildman–Crippen MR) is 83.8 cm³/mol. The summed E-state index contributed by atoms with van der Waals surface area (Å²) in [6.07, 6.45) is 7.40. The third-order valence-corrected chi connectivity index (χ3v) is 4.25. The molecule has 0 aliphatic heterocycles. The lowest BCUT2D eigenvalue weighted by molar-refractivity contribution is 0.231. The number of nitrogens with one attached hydrogen (secondary N) is 2. The van der Waals surface area contributed by atoms with Crippen LogP contribution < -0.4 is 15.4 Å². The number of urea groups is 1. The first-order valence-corrected chi connectivity index (χ1v) is 8.17. The van der Waals surface area contributed by atoms with E-state index in [1.54, 1.807) is 29.9 Å². The molecule has 0 saturated heterocycles. The van der Waals surface area contributed by atoms with Crippen molar-refractivity contribution in [2.45, 2.75) is 18.9 Å². The minimum absolute atomic E-state index is 0.0271. The van der Waals surface area contributed by atoms with Crippen molar-refractivity contribution < 1.29 is 9.53 Å². The summed E-state index contributed by atoms with van der Waals surface area (Å²) in [5, 5.41) is 8.73. The molecule has 0 radical (unpaired) electrons. The molecule has 3 rings (SSSR count). The number of carbonyl (C=O) groups excluding carboxylic acids is 1. The number of carbonyl (C=O) groups is 1. The van der Waals surface area contributed by atoms with Crippen molar-refractivity contribution in [2.75, 3.05) is 13.2 Å². The van der Waals surface area contributed by atoms with Gasteiger partial charge in [0.15, 0.2) is 0 Å². The first kappa shape index (κ1) is 14.8. The molecule has 0 aromatic carbocycles. The van der Waals surface area contributed by atoms with Crippen LogP contribution in [-0.2, 0) is 0 Å². The van der Waals surface area contributed by atoms with Crippen molar-refractivity contribution in [3.8, 4) is 5.75 Å². The Morgan fingerprint density at radius 1 is 1.45 bits per heavy atom. The molecule has 0 bridgehead atoms. The van der Waals surface area contributed by atoms with Crippen LogP contribution in [0.2, 0.25) is 0 Å². The Kier molecular flexibility index (Phi) is 4.85. The SMILES string of the molecule is O=C(NCCOc1cccnc1)N[C@H](c1nccs1)C1CC1. The van der Waals surface area contributed by atoms with E-state index in [2.05, 4.69) is 20.6 Å². The molecule has 2 aromatic rings. The van der Waals surface area contributed by atoms with Gasteiger partial charge in [-0.3, -0.25) is 4.98 Å². The normalized spacial score (nSPS) is 15.1. The van der Waals surface area contributed by atoms with Crippen LogP contribution in [0.1, 0.15) is 23.9 Å². The van der Waals surface area contributed by atoms with Gasteiger partial charge in [-0.15, -0.1) is 11.3 Å². The smallest absolute Gasteiger partial charge is 0.315 e. The molecule has 2 N–H and O–H groups in total. The second kappa shape index (κ2) is 7.22. The molecular formula is C15H18N4O2S. The Hall–Kier alpha value is -2.15. The van der Waals surface area contributed by atoms with E-state index in [-0.39, 0.29) is 12.1 Å². The van der Waals surface area contributed by atoms with Crippen LogP contribution in [0.5, 0.6) is 5.75 Å². The Morgan fingerprint density at radius 3 is 3.05 bits per heavy atom. The average Bonchev–Trinajstić information content (AvgIpc) is 3.24. The predicted octanol–water partition coefficient (Wildman–Crippen LogP) is 2.37. The monoisotopic (exact) mass is 318 g/mol. The van der Waals surface area contributed by atoms with Gasteiger partial charge in [-0.1, -0.05) is 0 Å². The highest BCUT2D eigenvalue weighted by Gasteiger charge is 2.34. The first-order valence-electron chi connectivity index (χ1n) is 7.29. The third kappa shape index (κ3) is 4.17. The molecule has 1 aliphatic carbocycles. The lowest BCUT2D eigenvalue weighted by atomic mass is 10.2. The van der Waals surface area contributed by atoms with Gasteiger partial charge in [0.2, 0.25) is 0 Å². The van der Waals surface area contributed by atoms with Crippen LogP contribution in [0.3, 0.4) is 0 Å². The van der Waals surface area contributed by atoms with Crippen LogP contribution in [0.4, 0.5) is 4.79 Å². The van der Waals surface area contributed by atoms with Crippen LogP contribution in [-0.4, -0.2) is 29.2 Å². The molecule has 22 heavy (non-hydrogen) atoms. The average molecular weight is 318 g/mol. The van der Waals surface area contributed by atoms with Gasteiger partial charge in [0, 0.05) is 17.8 Å². The maximum Gasteiger partial charge on any atom is 0.315 e. The fourth-order valence-corrected chi connectivity index (χ4v) is 2.94. The van der Waals surface area contributed by atoms with Gasteiger partial charge < -0.3 is 15.4 Å². The summed E-state index contributed by atoms with van der Waals surface area (Å²) in [6.45, 7) is 0.848. The topological polar surface area (TPSA) is 76.1 Å². The fourth-order valence-electron chi connectivity index (χ4n) is 2.16. The van der Waals surface area contributed by atoms with E-state index in [4.69, 9.17) is 4.74 Å². The second-order valence-corrected chi connectivity index (χ2v) is 6.05. The van der Waals surface area contributed by atoms with Crippen LogP contribution in [0.25, 0.3) is 0 Å². The number of thiazole rings is 1. The second-order valence-electron chi connectivity index (χ2n) is 5.12. The van der Waals surface area contributed by atoms with E-state index in [1.807, 2.05) is 17.5 Å². The van der Waals surface area contributed by atoms with Gasteiger partial charge in [-0.2, -0.15) is 0 Å². The van der Waals surface area contributed by atoms with Gasteiger partial charge in [-0.05, 0) is 30.9 Å². The van der Waals surface area contributed by atoms with Crippen molar-refractivity contribution in [2.24, 2.45) is 5.92 Å². The molecule has 2 amide bonds. The van der Waals surface area contributed by atoms with Gasteiger partial charge >= 0.3 is 6.03 Å². The van der Waals surface area contributed by atoms with Crippen LogP contribution in [0.15, 0.2) is 36.1 Å². The molecule has 0 unspecified atom stereocenters. The minimum atomic E-state index is -0.179. The number of hydrogen-bond donors (Lipinski definition) is 2. The van der Waals surface area contributed by atoms with Crippen molar-refractivity contribution in [3.05, 3.63) is 41.1 Å². The largest absolute Gasteiger partial charge is 0.490 e. The summed E-state index contributed by atoms with van der Waals surface area (Å²) in [6, 6.07) is 3.49. The summed E-state index contributed by atoms with van der Waals surface area (Å²) in [7, 11) is 0. The molecule has 0 spiro atoms. The number of aromatic nitrogens is 2.